The highest BCUT2D eigenvalue weighted by molar-refractivity contribution is 6.74. The van der Waals surface area contributed by atoms with Crippen molar-refractivity contribution in [1.29, 1.82) is 0 Å². The number of pyridine rings is 1. The molecule has 7 nitrogen and oxygen atoms in total. The second kappa shape index (κ2) is 10.6. The molecule has 1 aliphatic rings. The van der Waals surface area contributed by atoms with Crippen molar-refractivity contribution in [2.24, 2.45) is 5.41 Å². The quantitative estimate of drug-likeness (QED) is 0.385. The van der Waals surface area contributed by atoms with E-state index >= 15 is 0 Å². The number of fused-ring (bicyclic) bond motifs is 1. The number of hydrogen-bond acceptors (Lipinski definition) is 5. The summed E-state index contributed by atoms with van der Waals surface area (Å²) in [6, 6.07) is 5.55. The van der Waals surface area contributed by atoms with E-state index in [0.717, 1.165) is 10.9 Å². The summed E-state index contributed by atoms with van der Waals surface area (Å²) in [6.07, 6.45) is 2.52. The van der Waals surface area contributed by atoms with E-state index in [2.05, 4.69) is 38.8 Å². The number of hydrogen-bond donors (Lipinski definition) is 2. The third-order valence-corrected chi connectivity index (χ3v) is 12.8. The van der Waals surface area contributed by atoms with Crippen LogP contribution in [-0.2, 0) is 4.43 Å². The van der Waals surface area contributed by atoms with Crippen LogP contribution < -0.4 is 4.74 Å². The predicted molar refractivity (Wildman–Crippen MR) is 142 cm³/mol. The molecule has 1 fully saturated rings. The number of carboxylic acid groups (broad SMARTS) is 1. The molecule has 1 atom stereocenters. The fraction of sp³-hybridized carbons (Fsp3) is 0.615. The number of halogens is 1. The molecule has 0 unspecified atom stereocenters. The van der Waals surface area contributed by atoms with Gasteiger partial charge in [-0.1, -0.05) is 32.4 Å². The van der Waals surface area contributed by atoms with Crippen LogP contribution in [0, 0.1) is 5.41 Å². The van der Waals surface area contributed by atoms with E-state index in [0.29, 0.717) is 61.7 Å². The van der Waals surface area contributed by atoms with Crippen molar-refractivity contribution in [2.45, 2.75) is 70.7 Å². The lowest BCUT2D eigenvalue weighted by atomic mass is 9.74. The molecule has 0 aliphatic carbocycles. The molecule has 2 aromatic rings. The van der Waals surface area contributed by atoms with Crippen molar-refractivity contribution in [3.63, 3.8) is 0 Å². The van der Waals surface area contributed by atoms with Crippen LogP contribution in [0.1, 0.15) is 58.1 Å². The van der Waals surface area contributed by atoms with Gasteiger partial charge in [-0.05, 0) is 67.4 Å². The zero-order valence-electron chi connectivity index (χ0n) is 21.7. The normalized spacial score (nSPS) is 17.4. The van der Waals surface area contributed by atoms with Gasteiger partial charge in [0.25, 0.3) is 0 Å². The smallest absolute Gasteiger partial charge is 0.407 e. The summed E-state index contributed by atoms with van der Waals surface area (Å²) in [5.41, 5.74) is 1.20. The maximum absolute atomic E-state index is 11.5. The van der Waals surface area contributed by atoms with Gasteiger partial charge in [-0.2, -0.15) is 0 Å². The largest absolute Gasteiger partial charge is 0.497 e. The maximum Gasteiger partial charge on any atom is 0.407 e. The number of aliphatic hydroxyl groups is 1. The van der Waals surface area contributed by atoms with Crippen LogP contribution in [0.5, 0.6) is 5.75 Å². The fourth-order valence-corrected chi connectivity index (χ4v) is 5.79. The van der Waals surface area contributed by atoms with E-state index in [1.165, 1.54) is 4.90 Å². The number of rotatable bonds is 8. The standard InChI is InChI=1S/C26H39ClN2O5Si/c1-25(2,3)35(5,6)34-17-26(11-13-29(14-12-26)24(31)32)10-9-22(30)23-19-15-18(33-4)7-8-21(19)28-16-20(23)27/h7-8,15-16,22,30H,9-14,17H2,1-6H3,(H,31,32)/t22-/m1/s1. The van der Waals surface area contributed by atoms with Crippen LogP contribution >= 0.6 is 11.6 Å². The average molecular weight is 523 g/mol. The van der Waals surface area contributed by atoms with Gasteiger partial charge >= 0.3 is 6.09 Å². The topological polar surface area (TPSA) is 92.1 Å². The molecule has 1 aromatic carbocycles. The van der Waals surface area contributed by atoms with Crippen LogP contribution in [0.2, 0.25) is 23.2 Å². The number of methoxy groups -OCH3 is 1. The van der Waals surface area contributed by atoms with E-state index in [1.807, 2.05) is 18.2 Å². The van der Waals surface area contributed by atoms with Crippen LogP contribution in [0.3, 0.4) is 0 Å². The molecule has 9 heteroatoms. The lowest BCUT2D eigenvalue weighted by Crippen LogP contribution is -2.48. The molecule has 0 bridgehead atoms. The molecular weight excluding hydrogens is 484 g/mol. The highest BCUT2D eigenvalue weighted by Gasteiger charge is 2.42. The molecule has 0 spiro atoms. The average Bonchev–Trinajstić information content (AvgIpc) is 2.80. The number of ether oxygens (including phenoxy) is 1. The summed E-state index contributed by atoms with van der Waals surface area (Å²) in [4.78, 5) is 17.4. The summed E-state index contributed by atoms with van der Waals surface area (Å²) >= 11 is 6.52. The number of piperidine rings is 1. The number of nitrogens with zero attached hydrogens (tertiary/aromatic N) is 2. The SMILES string of the molecule is COc1ccc2ncc(Cl)c([C@H](O)CCC3(CO[Si](C)(C)C(C)(C)C)CCN(C(=O)O)CC3)c2c1. The first-order valence-electron chi connectivity index (χ1n) is 12.2. The van der Waals surface area contributed by atoms with Crippen molar-refractivity contribution in [2.75, 3.05) is 26.8 Å². The van der Waals surface area contributed by atoms with Gasteiger partial charge in [0.15, 0.2) is 8.32 Å². The lowest BCUT2D eigenvalue weighted by molar-refractivity contribution is 0.0295. The Labute approximate surface area is 214 Å². The Morgan fingerprint density at radius 1 is 1.29 bits per heavy atom. The minimum Gasteiger partial charge on any atom is -0.497 e. The van der Waals surface area contributed by atoms with E-state index in [9.17, 15) is 15.0 Å². The summed E-state index contributed by atoms with van der Waals surface area (Å²) < 4.78 is 12.0. The highest BCUT2D eigenvalue weighted by Crippen LogP contribution is 2.44. The minimum absolute atomic E-state index is 0.0814. The Hall–Kier alpha value is -1.87. The molecule has 2 N–H and O–H groups in total. The third-order valence-electron chi connectivity index (χ3n) is 7.99. The highest BCUT2D eigenvalue weighted by atomic mass is 35.5. The number of aromatic nitrogens is 1. The molecule has 194 valence electrons. The molecular formula is C26H39ClN2O5Si. The monoisotopic (exact) mass is 522 g/mol. The molecule has 1 aromatic heterocycles. The van der Waals surface area contributed by atoms with E-state index in [1.54, 1.807) is 13.3 Å². The van der Waals surface area contributed by atoms with Gasteiger partial charge in [0, 0.05) is 36.8 Å². The maximum atomic E-state index is 11.5. The van der Waals surface area contributed by atoms with Crippen molar-refractivity contribution in [3.05, 3.63) is 35.0 Å². The van der Waals surface area contributed by atoms with Gasteiger partial charge in [0.05, 0.1) is 23.8 Å². The Bertz CT molecular complexity index is 1050. The summed E-state index contributed by atoms with van der Waals surface area (Å²) in [6.45, 7) is 12.6. The van der Waals surface area contributed by atoms with E-state index < -0.39 is 20.5 Å². The van der Waals surface area contributed by atoms with Crippen molar-refractivity contribution in [3.8, 4) is 5.75 Å². The number of carbonyl (C=O) groups is 1. The van der Waals surface area contributed by atoms with Crippen molar-refractivity contribution in [1.82, 2.24) is 9.88 Å². The first kappa shape index (κ1) is 27.7. The number of amides is 1. The Kier molecular flexibility index (Phi) is 8.41. The van der Waals surface area contributed by atoms with Gasteiger partial charge in [-0.25, -0.2) is 4.79 Å². The lowest BCUT2D eigenvalue weighted by Gasteiger charge is -2.45. The molecule has 3 rings (SSSR count). The summed E-state index contributed by atoms with van der Waals surface area (Å²) in [7, 11) is -0.384. The number of aliphatic hydroxyl groups excluding tert-OH is 1. The molecule has 2 heterocycles. The molecule has 35 heavy (non-hydrogen) atoms. The second-order valence-corrected chi connectivity index (χ2v) is 16.5. The molecule has 0 saturated carbocycles. The Morgan fingerprint density at radius 2 is 1.94 bits per heavy atom. The fourth-order valence-electron chi connectivity index (χ4n) is 4.41. The molecule has 1 amide bonds. The first-order valence-corrected chi connectivity index (χ1v) is 15.5. The summed E-state index contributed by atoms with van der Waals surface area (Å²) in [5, 5.41) is 22.0. The zero-order valence-corrected chi connectivity index (χ0v) is 23.5. The van der Waals surface area contributed by atoms with Crippen molar-refractivity contribution < 1.29 is 24.2 Å². The Morgan fingerprint density at radius 3 is 2.51 bits per heavy atom. The number of benzene rings is 1. The van der Waals surface area contributed by atoms with Crippen LogP contribution in [-0.4, -0.2) is 61.3 Å². The van der Waals surface area contributed by atoms with Crippen LogP contribution in [0.15, 0.2) is 24.4 Å². The number of likely N-dealkylation sites (tertiary alicyclic amines) is 1. The first-order chi connectivity index (χ1) is 16.3. The predicted octanol–water partition coefficient (Wildman–Crippen LogP) is 6.49. The van der Waals surface area contributed by atoms with Crippen molar-refractivity contribution >= 4 is 36.9 Å². The van der Waals surface area contributed by atoms with Gasteiger partial charge in [0.2, 0.25) is 0 Å². The third kappa shape index (κ3) is 6.28. The van der Waals surface area contributed by atoms with Gasteiger partial charge in [-0.15, -0.1) is 0 Å². The van der Waals surface area contributed by atoms with Crippen LogP contribution in [0.25, 0.3) is 10.9 Å². The van der Waals surface area contributed by atoms with Crippen LogP contribution in [0.4, 0.5) is 4.79 Å². The Balaban J connectivity index is 1.83. The zero-order chi connectivity index (χ0) is 26.0. The summed E-state index contributed by atoms with van der Waals surface area (Å²) in [5.74, 6) is 0.676. The molecule has 0 radical (unpaired) electrons. The second-order valence-electron chi connectivity index (χ2n) is 11.3. The molecule has 1 aliphatic heterocycles. The molecule has 1 saturated heterocycles. The minimum atomic E-state index is -1.99. The van der Waals surface area contributed by atoms with Gasteiger partial charge < -0.3 is 24.3 Å². The van der Waals surface area contributed by atoms with Gasteiger partial charge in [0.1, 0.15) is 5.75 Å². The van der Waals surface area contributed by atoms with E-state index in [-0.39, 0.29) is 10.5 Å². The van der Waals surface area contributed by atoms with Gasteiger partial charge in [-0.3, -0.25) is 4.98 Å². The van der Waals surface area contributed by atoms with E-state index in [4.69, 9.17) is 20.8 Å².